The zero-order chi connectivity index (χ0) is 27.1. The molecule has 38 heavy (non-hydrogen) atoms. The molecule has 0 aromatic heterocycles. The van der Waals surface area contributed by atoms with Gasteiger partial charge in [0.05, 0.1) is 12.7 Å². The van der Waals surface area contributed by atoms with Crippen LogP contribution in [-0.4, -0.2) is 39.9 Å². The number of carbonyl (C=O) groups is 1. The van der Waals surface area contributed by atoms with E-state index in [1.54, 1.807) is 12.1 Å². The van der Waals surface area contributed by atoms with E-state index in [1.807, 2.05) is 50.2 Å². The Bertz CT molecular complexity index is 1390. The molecule has 5 N–H and O–H groups in total. The molecule has 0 aliphatic carbocycles. The Hall–Kier alpha value is -3.71. The second-order valence-electron chi connectivity index (χ2n) is 10.3. The summed E-state index contributed by atoms with van der Waals surface area (Å²) >= 11 is 0. The molecule has 0 spiro atoms. The molecule has 0 radical (unpaired) electrons. The summed E-state index contributed by atoms with van der Waals surface area (Å²) < 4.78 is 0. The average molecular weight is 513 g/mol. The number of nitrogens with one attached hydrogen (secondary N) is 2. The fraction of sp³-hybridized carbons (Fsp3) is 0.281. The summed E-state index contributed by atoms with van der Waals surface area (Å²) in [5, 5.41) is 38.6. The molecule has 4 aromatic carbocycles. The molecule has 0 aliphatic heterocycles. The number of carbonyl (C=O) groups excluding carboxylic acids is 1. The van der Waals surface area contributed by atoms with E-state index in [1.165, 1.54) is 22.4 Å². The number of rotatable bonds is 11. The van der Waals surface area contributed by atoms with Gasteiger partial charge in [0.15, 0.2) is 0 Å². The minimum atomic E-state index is -0.793. The standard InChI is InChI=1S/C32H36N2O4/c1-32(2,34-20-30(37)25-13-14-29(36)27(18-25)21-35)19-22-7-5-11-26(17-22)31(38)33-16-15-24-10-6-9-23-8-3-4-12-28(23)24/h3-14,17-18,30,34-37H,15-16,19-21H2,1-2H3,(H,33,38)/t30-/m0/s1. The van der Waals surface area contributed by atoms with Gasteiger partial charge in [-0.15, -0.1) is 0 Å². The van der Waals surface area contributed by atoms with Crippen molar-refractivity contribution in [3.63, 3.8) is 0 Å². The first-order valence-electron chi connectivity index (χ1n) is 13.0. The number of phenols is 1. The summed E-state index contributed by atoms with van der Waals surface area (Å²) in [6, 6.07) is 26.9. The van der Waals surface area contributed by atoms with Crippen molar-refractivity contribution in [3.8, 4) is 5.75 Å². The number of aliphatic hydroxyl groups is 2. The quantitative estimate of drug-likeness (QED) is 0.201. The topological polar surface area (TPSA) is 102 Å². The highest BCUT2D eigenvalue weighted by Crippen LogP contribution is 2.23. The highest BCUT2D eigenvalue weighted by Gasteiger charge is 2.21. The van der Waals surface area contributed by atoms with Crippen LogP contribution in [0.5, 0.6) is 5.75 Å². The van der Waals surface area contributed by atoms with Crippen LogP contribution in [0.15, 0.2) is 84.9 Å². The Morgan fingerprint density at radius 3 is 2.50 bits per heavy atom. The molecule has 0 saturated heterocycles. The minimum absolute atomic E-state index is 0.00854. The molecule has 1 amide bonds. The average Bonchev–Trinajstić information content (AvgIpc) is 2.92. The van der Waals surface area contributed by atoms with Crippen LogP contribution in [0.4, 0.5) is 0 Å². The molecule has 198 valence electrons. The number of β-amino-alcohol motifs (C(OH)–C–C–N with tert-alkyl or cyclic N) is 1. The number of hydrogen-bond acceptors (Lipinski definition) is 5. The maximum absolute atomic E-state index is 12.9. The molecule has 6 nitrogen and oxygen atoms in total. The van der Waals surface area contributed by atoms with Crippen molar-refractivity contribution in [1.29, 1.82) is 0 Å². The lowest BCUT2D eigenvalue weighted by Crippen LogP contribution is -2.43. The van der Waals surface area contributed by atoms with Crippen LogP contribution in [0.2, 0.25) is 0 Å². The predicted octanol–water partition coefficient (Wildman–Crippen LogP) is 4.65. The Balaban J connectivity index is 1.31. The molecule has 4 aromatic rings. The molecule has 0 bridgehead atoms. The number of aliphatic hydroxyl groups excluding tert-OH is 2. The van der Waals surface area contributed by atoms with Crippen LogP contribution in [0.1, 0.15) is 52.6 Å². The first-order valence-corrected chi connectivity index (χ1v) is 13.0. The molecule has 4 rings (SSSR count). The van der Waals surface area contributed by atoms with Crippen molar-refractivity contribution in [2.24, 2.45) is 0 Å². The molecule has 6 heteroatoms. The van der Waals surface area contributed by atoms with E-state index in [0.29, 0.717) is 36.2 Å². The second kappa shape index (κ2) is 12.2. The zero-order valence-electron chi connectivity index (χ0n) is 21.9. The number of amides is 1. The Kier molecular flexibility index (Phi) is 8.79. The van der Waals surface area contributed by atoms with E-state index in [4.69, 9.17) is 0 Å². The monoisotopic (exact) mass is 512 g/mol. The Morgan fingerprint density at radius 2 is 1.68 bits per heavy atom. The first-order chi connectivity index (χ1) is 18.3. The van der Waals surface area contributed by atoms with E-state index >= 15 is 0 Å². The second-order valence-corrected chi connectivity index (χ2v) is 10.3. The van der Waals surface area contributed by atoms with Crippen molar-refractivity contribution in [2.75, 3.05) is 13.1 Å². The third-order valence-electron chi connectivity index (χ3n) is 6.83. The summed E-state index contributed by atoms with van der Waals surface area (Å²) in [6.45, 7) is 4.66. The minimum Gasteiger partial charge on any atom is -0.508 e. The Morgan fingerprint density at radius 1 is 0.921 bits per heavy atom. The van der Waals surface area contributed by atoms with E-state index < -0.39 is 6.10 Å². The van der Waals surface area contributed by atoms with E-state index in [2.05, 4.69) is 41.0 Å². The first kappa shape index (κ1) is 27.3. The normalized spacial score (nSPS) is 12.4. The number of aromatic hydroxyl groups is 1. The van der Waals surface area contributed by atoms with Crippen LogP contribution >= 0.6 is 0 Å². The van der Waals surface area contributed by atoms with Crippen LogP contribution in [0.3, 0.4) is 0 Å². The smallest absolute Gasteiger partial charge is 0.251 e. The van der Waals surface area contributed by atoms with Gasteiger partial charge < -0.3 is 26.0 Å². The molecular weight excluding hydrogens is 476 g/mol. The summed E-state index contributed by atoms with van der Waals surface area (Å²) in [5.74, 6) is -0.0884. The number of fused-ring (bicyclic) bond motifs is 1. The lowest BCUT2D eigenvalue weighted by molar-refractivity contribution is 0.0954. The van der Waals surface area contributed by atoms with Gasteiger partial charge in [-0.3, -0.25) is 4.79 Å². The largest absolute Gasteiger partial charge is 0.508 e. The van der Waals surface area contributed by atoms with Crippen LogP contribution in [0, 0.1) is 0 Å². The van der Waals surface area contributed by atoms with E-state index in [0.717, 1.165) is 12.0 Å². The van der Waals surface area contributed by atoms with E-state index in [-0.39, 0.29) is 23.8 Å². The van der Waals surface area contributed by atoms with Gasteiger partial charge in [-0.1, -0.05) is 60.7 Å². The van der Waals surface area contributed by atoms with Crippen molar-refractivity contribution in [2.45, 2.75) is 44.9 Å². The van der Waals surface area contributed by atoms with Gasteiger partial charge in [0.1, 0.15) is 5.75 Å². The van der Waals surface area contributed by atoms with Crippen LogP contribution in [-0.2, 0) is 19.4 Å². The maximum Gasteiger partial charge on any atom is 0.251 e. The molecule has 0 fully saturated rings. The Labute approximate surface area is 224 Å². The third kappa shape index (κ3) is 6.98. The molecule has 0 unspecified atom stereocenters. The third-order valence-corrected chi connectivity index (χ3v) is 6.83. The predicted molar refractivity (Wildman–Crippen MR) is 151 cm³/mol. The van der Waals surface area contributed by atoms with Crippen molar-refractivity contribution in [3.05, 3.63) is 113 Å². The highest BCUT2D eigenvalue weighted by atomic mass is 16.3. The fourth-order valence-electron chi connectivity index (χ4n) is 4.75. The van der Waals surface area contributed by atoms with Gasteiger partial charge in [0.25, 0.3) is 5.91 Å². The summed E-state index contributed by atoms with van der Waals surface area (Å²) in [5.41, 5.74) is 3.52. The van der Waals surface area contributed by atoms with Gasteiger partial charge in [0, 0.05) is 29.8 Å². The summed E-state index contributed by atoms with van der Waals surface area (Å²) in [7, 11) is 0. The van der Waals surface area contributed by atoms with Gasteiger partial charge in [-0.25, -0.2) is 0 Å². The lowest BCUT2D eigenvalue weighted by atomic mass is 9.93. The number of benzene rings is 4. The van der Waals surface area contributed by atoms with Gasteiger partial charge >= 0.3 is 0 Å². The van der Waals surface area contributed by atoms with E-state index in [9.17, 15) is 20.1 Å². The van der Waals surface area contributed by atoms with Crippen LogP contribution in [0.25, 0.3) is 10.8 Å². The maximum atomic E-state index is 12.9. The lowest BCUT2D eigenvalue weighted by Gasteiger charge is -2.28. The van der Waals surface area contributed by atoms with Crippen LogP contribution < -0.4 is 10.6 Å². The highest BCUT2D eigenvalue weighted by molar-refractivity contribution is 5.94. The van der Waals surface area contributed by atoms with Gasteiger partial charge in [-0.2, -0.15) is 0 Å². The molecule has 0 saturated carbocycles. The van der Waals surface area contributed by atoms with Crippen molar-refractivity contribution < 1.29 is 20.1 Å². The summed E-state index contributed by atoms with van der Waals surface area (Å²) in [6.07, 6.45) is 0.625. The molecule has 0 heterocycles. The van der Waals surface area contributed by atoms with Gasteiger partial charge in [0.2, 0.25) is 0 Å². The van der Waals surface area contributed by atoms with Crippen molar-refractivity contribution in [1.82, 2.24) is 10.6 Å². The molecular formula is C32H36N2O4. The summed E-state index contributed by atoms with van der Waals surface area (Å²) in [4.78, 5) is 12.9. The number of hydrogen-bond donors (Lipinski definition) is 5. The fourth-order valence-corrected chi connectivity index (χ4v) is 4.75. The van der Waals surface area contributed by atoms with Crippen molar-refractivity contribution >= 4 is 16.7 Å². The van der Waals surface area contributed by atoms with Gasteiger partial charge in [-0.05, 0) is 78.4 Å². The SMILES string of the molecule is CC(C)(Cc1cccc(C(=O)NCCc2cccc3ccccc23)c1)NC[C@H](O)c1ccc(O)c(CO)c1. The zero-order valence-corrected chi connectivity index (χ0v) is 21.9. The molecule has 0 aliphatic rings. The molecule has 1 atom stereocenters.